The Labute approximate surface area is 184 Å². The highest BCUT2D eigenvalue weighted by atomic mass is 127. The van der Waals surface area contributed by atoms with Crippen molar-refractivity contribution in [2.45, 2.75) is 51.2 Å². The van der Waals surface area contributed by atoms with Crippen LogP contribution in [0.4, 0.5) is 0 Å². The third kappa shape index (κ3) is 7.38. The second-order valence-electron chi connectivity index (χ2n) is 6.81. The van der Waals surface area contributed by atoms with Gasteiger partial charge in [-0.1, -0.05) is 25.7 Å². The topological polar surface area (TPSA) is 76.4 Å². The fourth-order valence-electron chi connectivity index (χ4n) is 3.31. The van der Waals surface area contributed by atoms with E-state index in [2.05, 4.69) is 25.7 Å². The Kier molecular flexibility index (Phi) is 10.3. The van der Waals surface area contributed by atoms with Crippen molar-refractivity contribution >= 4 is 29.9 Å². The summed E-state index contributed by atoms with van der Waals surface area (Å²) in [6.07, 6.45) is 13.6. The van der Waals surface area contributed by atoms with Crippen LogP contribution < -0.4 is 10.6 Å². The van der Waals surface area contributed by atoms with Gasteiger partial charge in [0.05, 0.1) is 12.7 Å². The molecule has 154 valence electrons. The zero-order valence-electron chi connectivity index (χ0n) is 16.5. The summed E-state index contributed by atoms with van der Waals surface area (Å²) < 4.78 is 7.77. The van der Waals surface area contributed by atoms with Gasteiger partial charge >= 0.3 is 0 Å². The number of guanidine groups is 1. The maximum Gasteiger partial charge on any atom is 0.191 e. The van der Waals surface area contributed by atoms with E-state index in [1.807, 2.05) is 24.4 Å². The molecule has 8 heteroatoms. The molecule has 2 aromatic rings. The van der Waals surface area contributed by atoms with Crippen LogP contribution in [-0.4, -0.2) is 47.0 Å². The van der Waals surface area contributed by atoms with Crippen LogP contribution in [-0.2, 0) is 11.3 Å². The number of pyridine rings is 1. The number of halogens is 1. The number of hydrogen-bond acceptors (Lipinski definition) is 4. The molecule has 0 saturated heterocycles. The molecule has 0 amide bonds. The first kappa shape index (κ1) is 22.6. The van der Waals surface area contributed by atoms with Gasteiger partial charge in [0.15, 0.2) is 11.8 Å². The lowest BCUT2D eigenvalue weighted by atomic mass is 10.1. The zero-order chi connectivity index (χ0) is 18.7. The van der Waals surface area contributed by atoms with Crippen molar-refractivity contribution in [2.75, 3.05) is 20.2 Å². The van der Waals surface area contributed by atoms with Gasteiger partial charge in [-0.25, -0.2) is 9.67 Å². The summed E-state index contributed by atoms with van der Waals surface area (Å²) in [6.45, 7) is 2.13. The molecular formula is C20H31IN6O. The Morgan fingerprint density at radius 1 is 1.21 bits per heavy atom. The van der Waals surface area contributed by atoms with Gasteiger partial charge in [-0.3, -0.25) is 4.99 Å². The maximum absolute atomic E-state index is 6.01. The standard InChI is InChI=1S/C20H30N6O.HI/c1-21-20(23-12-14-27-18-7-4-2-3-5-8-18)24-16-17-9-11-22-19(15-17)26-13-6-10-25-26;/h6,9-11,13,15,18H,2-5,7-8,12,14,16H2,1H3,(H2,21,23,24);1H. The molecular weight excluding hydrogens is 467 g/mol. The molecule has 0 aromatic carbocycles. The molecule has 1 fully saturated rings. The number of nitrogens with zero attached hydrogens (tertiary/aromatic N) is 4. The quantitative estimate of drug-likeness (QED) is 0.202. The molecule has 0 atom stereocenters. The summed E-state index contributed by atoms with van der Waals surface area (Å²) in [6, 6.07) is 5.89. The Morgan fingerprint density at radius 2 is 2.04 bits per heavy atom. The van der Waals surface area contributed by atoms with E-state index in [1.54, 1.807) is 24.1 Å². The summed E-state index contributed by atoms with van der Waals surface area (Å²) in [5.74, 6) is 1.58. The lowest BCUT2D eigenvalue weighted by Gasteiger charge is -2.17. The molecule has 2 heterocycles. The van der Waals surface area contributed by atoms with E-state index in [0.29, 0.717) is 19.3 Å². The summed E-state index contributed by atoms with van der Waals surface area (Å²) >= 11 is 0. The molecule has 0 radical (unpaired) electrons. The SMILES string of the molecule is CN=C(NCCOC1CCCCCC1)NCc1ccnc(-n2cccn2)c1.I. The number of aliphatic imine (C=N–C) groups is 1. The Hall–Kier alpha value is -1.68. The third-order valence-electron chi connectivity index (χ3n) is 4.78. The number of hydrogen-bond donors (Lipinski definition) is 2. The van der Waals surface area contributed by atoms with E-state index in [0.717, 1.165) is 23.9 Å². The average Bonchev–Trinajstić information content (AvgIpc) is 3.12. The van der Waals surface area contributed by atoms with Crippen molar-refractivity contribution in [3.05, 3.63) is 42.4 Å². The monoisotopic (exact) mass is 498 g/mol. The third-order valence-corrected chi connectivity index (χ3v) is 4.78. The lowest BCUT2D eigenvalue weighted by Crippen LogP contribution is -2.39. The second-order valence-corrected chi connectivity index (χ2v) is 6.81. The highest BCUT2D eigenvalue weighted by Gasteiger charge is 2.12. The van der Waals surface area contributed by atoms with Crippen LogP contribution in [0.3, 0.4) is 0 Å². The van der Waals surface area contributed by atoms with E-state index in [-0.39, 0.29) is 24.0 Å². The van der Waals surface area contributed by atoms with Crippen LogP contribution in [0, 0.1) is 0 Å². The predicted octanol–water partition coefficient (Wildman–Crippen LogP) is 3.29. The van der Waals surface area contributed by atoms with Gasteiger partial charge in [-0.05, 0) is 36.6 Å². The van der Waals surface area contributed by atoms with Crippen LogP contribution in [0.5, 0.6) is 0 Å². The Balaban J connectivity index is 0.00000280. The average molecular weight is 498 g/mol. The molecule has 7 nitrogen and oxygen atoms in total. The Bertz CT molecular complexity index is 698. The molecule has 2 N–H and O–H groups in total. The highest BCUT2D eigenvalue weighted by Crippen LogP contribution is 2.19. The minimum absolute atomic E-state index is 0. The van der Waals surface area contributed by atoms with E-state index in [4.69, 9.17) is 4.74 Å². The van der Waals surface area contributed by atoms with Gasteiger partial charge in [0, 0.05) is 38.7 Å². The van der Waals surface area contributed by atoms with Crippen LogP contribution in [0.15, 0.2) is 41.8 Å². The zero-order valence-corrected chi connectivity index (χ0v) is 18.8. The van der Waals surface area contributed by atoms with E-state index in [9.17, 15) is 0 Å². The maximum atomic E-state index is 6.01. The molecule has 2 aromatic heterocycles. The van der Waals surface area contributed by atoms with E-state index in [1.165, 1.54) is 38.5 Å². The first-order valence-corrected chi connectivity index (χ1v) is 9.86. The van der Waals surface area contributed by atoms with Crippen LogP contribution >= 0.6 is 24.0 Å². The van der Waals surface area contributed by atoms with Crippen LogP contribution in [0.25, 0.3) is 5.82 Å². The molecule has 0 spiro atoms. The lowest BCUT2D eigenvalue weighted by molar-refractivity contribution is 0.0468. The number of aromatic nitrogens is 3. The van der Waals surface area contributed by atoms with Crippen LogP contribution in [0.2, 0.25) is 0 Å². The minimum Gasteiger partial charge on any atom is -0.376 e. The fourth-order valence-corrected chi connectivity index (χ4v) is 3.31. The van der Waals surface area contributed by atoms with Crippen LogP contribution in [0.1, 0.15) is 44.1 Å². The predicted molar refractivity (Wildman–Crippen MR) is 122 cm³/mol. The van der Waals surface area contributed by atoms with Gasteiger partial charge in [-0.15, -0.1) is 24.0 Å². The van der Waals surface area contributed by atoms with Crippen molar-refractivity contribution in [1.29, 1.82) is 0 Å². The molecule has 3 rings (SSSR count). The van der Waals surface area contributed by atoms with Gasteiger partial charge < -0.3 is 15.4 Å². The van der Waals surface area contributed by atoms with Gasteiger partial charge in [0.2, 0.25) is 0 Å². The molecule has 0 aliphatic heterocycles. The van der Waals surface area contributed by atoms with E-state index >= 15 is 0 Å². The van der Waals surface area contributed by atoms with Crippen molar-refractivity contribution < 1.29 is 4.74 Å². The summed E-state index contributed by atoms with van der Waals surface area (Å²) in [7, 11) is 1.78. The van der Waals surface area contributed by atoms with Gasteiger partial charge in [0.1, 0.15) is 0 Å². The first-order valence-electron chi connectivity index (χ1n) is 9.86. The second kappa shape index (κ2) is 12.7. The Morgan fingerprint density at radius 3 is 2.75 bits per heavy atom. The fraction of sp³-hybridized carbons (Fsp3) is 0.550. The number of ether oxygens (including phenoxy) is 1. The summed E-state index contributed by atoms with van der Waals surface area (Å²) in [5, 5.41) is 10.9. The normalized spacial score (nSPS) is 15.5. The number of nitrogens with one attached hydrogen (secondary N) is 2. The van der Waals surface area contributed by atoms with E-state index < -0.39 is 0 Å². The van der Waals surface area contributed by atoms with Gasteiger partial charge in [0.25, 0.3) is 0 Å². The highest BCUT2D eigenvalue weighted by molar-refractivity contribution is 14.0. The summed E-state index contributed by atoms with van der Waals surface area (Å²) in [5.41, 5.74) is 1.12. The number of rotatable bonds is 7. The first-order chi connectivity index (χ1) is 13.3. The van der Waals surface area contributed by atoms with Gasteiger partial charge in [-0.2, -0.15) is 5.10 Å². The summed E-state index contributed by atoms with van der Waals surface area (Å²) in [4.78, 5) is 8.63. The van der Waals surface area contributed by atoms with Crippen molar-refractivity contribution in [3.63, 3.8) is 0 Å². The van der Waals surface area contributed by atoms with Crippen molar-refractivity contribution in [2.24, 2.45) is 4.99 Å². The molecule has 0 bridgehead atoms. The largest absolute Gasteiger partial charge is 0.376 e. The van der Waals surface area contributed by atoms with Crippen molar-refractivity contribution in [3.8, 4) is 5.82 Å². The molecule has 1 saturated carbocycles. The van der Waals surface area contributed by atoms with Crippen molar-refractivity contribution in [1.82, 2.24) is 25.4 Å². The smallest absolute Gasteiger partial charge is 0.191 e. The molecule has 0 unspecified atom stereocenters. The molecule has 1 aliphatic carbocycles. The molecule has 1 aliphatic rings. The molecule has 28 heavy (non-hydrogen) atoms. The minimum atomic E-state index is 0.